The highest BCUT2D eigenvalue weighted by molar-refractivity contribution is 5.94. The van der Waals surface area contributed by atoms with Crippen molar-refractivity contribution in [2.24, 2.45) is 0 Å². The third-order valence-corrected chi connectivity index (χ3v) is 3.32. The highest BCUT2D eigenvalue weighted by Crippen LogP contribution is 2.12. The van der Waals surface area contributed by atoms with E-state index in [-0.39, 0.29) is 11.9 Å². The Balaban J connectivity index is 2.06. The number of nitrogens with one attached hydrogen (secondary N) is 3. The van der Waals surface area contributed by atoms with E-state index in [0.717, 1.165) is 0 Å². The molecule has 1 atom stereocenters. The number of nitrogens with zero attached hydrogens (tertiary/aromatic N) is 2. The second kappa shape index (κ2) is 6.72. The van der Waals surface area contributed by atoms with Crippen LogP contribution in [0.1, 0.15) is 5.56 Å². The predicted molar refractivity (Wildman–Crippen MR) is 77.6 cm³/mol. The van der Waals surface area contributed by atoms with Gasteiger partial charge in [0.05, 0.1) is 11.6 Å². The summed E-state index contributed by atoms with van der Waals surface area (Å²) in [5, 5.41) is 17.1. The topological polar surface area (TPSA) is 97.3 Å². The number of anilines is 1. The first-order valence-electron chi connectivity index (χ1n) is 6.66. The van der Waals surface area contributed by atoms with Crippen LogP contribution in [0.4, 0.5) is 10.5 Å². The van der Waals surface area contributed by atoms with Crippen molar-refractivity contribution in [3.63, 3.8) is 0 Å². The normalized spacial score (nSPS) is 17.7. The molecule has 21 heavy (non-hydrogen) atoms. The Morgan fingerprint density at radius 1 is 1.38 bits per heavy atom. The zero-order valence-electron chi connectivity index (χ0n) is 11.7. The van der Waals surface area contributed by atoms with Gasteiger partial charge in [0.2, 0.25) is 5.91 Å². The third-order valence-electron chi connectivity index (χ3n) is 3.32. The van der Waals surface area contributed by atoms with Gasteiger partial charge >= 0.3 is 6.03 Å². The highest BCUT2D eigenvalue weighted by Gasteiger charge is 2.31. The number of likely N-dealkylation sites (N-methyl/N-ethyl adjacent to an activating group) is 1. The van der Waals surface area contributed by atoms with Gasteiger partial charge in [-0.05, 0) is 24.3 Å². The number of urea groups is 1. The minimum atomic E-state index is -0.526. The van der Waals surface area contributed by atoms with Crippen molar-refractivity contribution in [3.05, 3.63) is 29.8 Å². The maximum absolute atomic E-state index is 12.3. The van der Waals surface area contributed by atoms with Crippen LogP contribution in [0, 0.1) is 11.3 Å². The molecule has 2 rings (SSSR count). The molecule has 1 aromatic rings. The Kier molecular flexibility index (Phi) is 4.74. The SMILES string of the molecule is CNC(=O)C1CNCCN1C(=O)Nc1ccc(C#N)cc1. The summed E-state index contributed by atoms with van der Waals surface area (Å²) in [7, 11) is 1.55. The Morgan fingerprint density at radius 3 is 2.71 bits per heavy atom. The van der Waals surface area contributed by atoms with E-state index in [9.17, 15) is 9.59 Å². The van der Waals surface area contributed by atoms with Crippen molar-refractivity contribution in [1.29, 1.82) is 5.26 Å². The Bertz CT molecular complexity index is 564. The number of amides is 3. The van der Waals surface area contributed by atoms with E-state index in [1.165, 1.54) is 4.90 Å². The molecule has 1 unspecified atom stereocenters. The lowest BCUT2D eigenvalue weighted by molar-refractivity contribution is -0.125. The average molecular weight is 287 g/mol. The molecule has 1 fully saturated rings. The van der Waals surface area contributed by atoms with Gasteiger partial charge < -0.3 is 20.9 Å². The smallest absolute Gasteiger partial charge is 0.322 e. The Morgan fingerprint density at radius 2 is 2.10 bits per heavy atom. The van der Waals surface area contributed by atoms with Gasteiger partial charge in [-0.3, -0.25) is 4.79 Å². The summed E-state index contributed by atoms with van der Waals surface area (Å²) in [6.07, 6.45) is 0. The van der Waals surface area contributed by atoms with E-state index < -0.39 is 6.04 Å². The molecule has 0 bridgehead atoms. The number of hydrogen-bond donors (Lipinski definition) is 3. The second-order valence-corrected chi connectivity index (χ2v) is 4.65. The lowest BCUT2D eigenvalue weighted by Crippen LogP contribution is -2.60. The predicted octanol–water partition coefficient (Wildman–Crippen LogP) is 0.110. The van der Waals surface area contributed by atoms with E-state index in [1.54, 1.807) is 31.3 Å². The van der Waals surface area contributed by atoms with Crippen molar-refractivity contribution in [3.8, 4) is 6.07 Å². The summed E-state index contributed by atoms with van der Waals surface area (Å²) in [5.74, 6) is -0.197. The minimum Gasteiger partial charge on any atom is -0.357 e. The lowest BCUT2D eigenvalue weighted by Gasteiger charge is -2.34. The molecular weight excluding hydrogens is 270 g/mol. The molecule has 1 aliphatic rings. The largest absolute Gasteiger partial charge is 0.357 e. The lowest BCUT2D eigenvalue weighted by atomic mass is 10.2. The van der Waals surface area contributed by atoms with E-state index >= 15 is 0 Å². The fraction of sp³-hybridized carbons (Fsp3) is 0.357. The number of carbonyl (C=O) groups excluding carboxylic acids is 2. The fourth-order valence-electron chi connectivity index (χ4n) is 2.17. The van der Waals surface area contributed by atoms with Crippen LogP contribution in [0.3, 0.4) is 0 Å². The van der Waals surface area contributed by atoms with Gasteiger partial charge in [-0.1, -0.05) is 0 Å². The molecule has 3 amide bonds. The molecular formula is C14H17N5O2. The van der Waals surface area contributed by atoms with E-state index in [0.29, 0.717) is 30.9 Å². The number of hydrogen-bond acceptors (Lipinski definition) is 4. The summed E-state index contributed by atoms with van der Waals surface area (Å²) >= 11 is 0. The van der Waals surface area contributed by atoms with E-state index in [4.69, 9.17) is 5.26 Å². The van der Waals surface area contributed by atoms with E-state index in [2.05, 4.69) is 16.0 Å². The van der Waals surface area contributed by atoms with Gasteiger partial charge in [0, 0.05) is 32.4 Å². The number of benzene rings is 1. The first kappa shape index (κ1) is 14.8. The molecule has 3 N–H and O–H groups in total. The first-order chi connectivity index (χ1) is 10.2. The quantitative estimate of drug-likeness (QED) is 0.719. The molecule has 7 heteroatoms. The number of nitriles is 1. The maximum atomic E-state index is 12.3. The molecule has 0 aliphatic carbocycles. The van der Waals surface area contributed by atoms with Crippen LogP contribution in [0.2, 0.25) is 0 Å². The van der Waals surface area contributed by atoms with Gasteiger partial charge in [-0.15, -0.1) is 0 Å². The number of carbonyl (C=O) groups is 2. The van der Waals surface area contributed by atoms with Crippen LogP contribution in [0.15, 0.2) is 24.3 Å². The van der Waals surface area contributed by atoms with Crippen molar-refractivity contribution < 1.29 is 9.59 Å². The third kappa shape index (κ3) is 3.49. The van der Waals surface area contributed by atoms with Crippen LogP contribution >= 0.6 is 0 Å². The van der Waals surface area contributed by atoms with Crippen molar-refractivity contribution in [2.45, 2.75) is 6.04 Å². The zero-order chi connectivity index (χ0) is 15.2. The number of piperazine rings is 1. The van der Waals surface area contributed by atoms with Crippen molar-refractivity contribution in [1.82, 2.24) is 15.5 Å². The maximum Gasteiger partial charge on any atom is 0.322 e. The number of rotatable bonds is 2. The van der Waals surface area contributed by atoms with Gasteiger partial charge in [0.25, 0.3) is 0 Å². The van der Waals surface area contributed by atoms with Gasteiger partial charge in [-0.2, -0.15) is 5.26 Å². The average Bonchev–Trinajstić information content (AvgIpc) is 2.54. The molecule has 110 valence electrons. The zero-order valence-corrected chi connectivity index (χ0v) is 11.7. The molecule has 0 aromatic heterocycles. The second-order valence-electron chi connectivity index (χ2n) is 4.65. The highest BCUT2D eigenvalue weighted by atomic mass is 16.2. The Hall–Kier alpha value is -2.59. The Labute approximate surface area is 122 Å². The van der Waals surface area contributed by atoms with E-state index in [1.807, 2.05) is 6.07 Å². The monoisotopic (exact) mass is 287 g/mol. The summed E-state index contributed by atoms with van der Waals surface area (Å²) < 4.78 is 0. The molecule has 1 aromatic carbocycles. The van der Waals surface area contributed by atoms with Crippen LogP contribution < -0.4 is 16.0 Å². The summed E-state index contributed by atoms with van der Waals surface area (Å²) in [6, 6.07) is 7.74. The standard InChI is InChI=1S/C14H17N5O2/c1-16-13(20)12-9-17-6-7-19(12)14(21)18-11-4-2-10(8-15)3-5-11/h2-5,12,17H,6-7,9H2,1H3,(H,16,20)(H,18,21). The molecule has 7 nitrogen and oxygen atoms in total. The van der Waals surface area contributed by atoms with Gasteiger partial charge in [-0.25, -0.2) is 4.79 Å². The van der Waals surface area contributed by atoms with Crippen LogP contribution in [-0.2, 0) is 4.79 Å². The fourth-order valence-corrected chi connectivity index (χ4v) is 2.17. The van der Waals surface area contributed by atoms with Gasteiger partial charge in [0.1, 0.15) is 6.04 Å². The molecule has 1 aliphatic heterocycles. The summed E-state index contributed by atoms with van der Waals surface area (Å²) in [4.78, 5) is 25.6. The van der Waals surface area contributed by atoms with Crippen molar-refractivity contribution >= 4 is 17.6 Å². The van der Waals surface area contributed by atoms with Gasteiger partial charge in [0.15, 0.2) is 0 Å². The first-order valence-corrected chi connectivity index (χ1v) is 6.66. The molecule has 0 radical (unpaired) electrons. The molecule has 0 spiro atoms. The molecule has 1 heterocycles. The summed E-state index contributed by atoms with van der Waals surface area (Å²) in [6.45, 7) is 1.54. The molecule has 0 saturated carbocycles. The van der Waals surface area contributed by atoms with Crippen LogP contribution in [0.25, 0.3) is 0 Å². The summed E-state index contributed by atoms with van der Waals surface area (Å²) in [5.41, 5.74) is 1.12. The molecule has 1 saturated heterocycles. The van der Waals surface area contributed by atoms with Crippen LogP contribution in [0.5, 0.6) is 0 Å². The van der Waals surface area contributed by atoms with Crippen molar-refractivity contribution in [2.75, 3.05) is 32.0 Å². The van der Waals surface area contributed by atoms with Crippen LogP contribution in [-0.4, -0.2) is 49.6 Å². The minimum absolute atomic E-state index is 0.197.